The monoisotopic (exact) mass is 220 g/mol. The minimum absolute atomic E-state index is 0.470. The Bertz CT molecular complexity index is 469. The van der Waals surface area contributed by atoms with Crippen LogP contribution in [0.25, 0.3) is 0 Å². The summed E-state index contributed by atoms with van der Waals surface area (Å²) in [7, 11) is 1.80. The molecule has 0 saturated heterocycles. The Labute approximate surface area is 92.3 Å². The van der Waals surface area contributed by atoms with Gasteiger partial charge in [0.05, 0.1) is 6.54 Å². The van der Waals surface area contributed by atoms with Crippen LogP contribution in [0.5, 0.6) is 0 Å². The van der Waals surface area contributed by atoms with E-state index in [0.29, 0.717) is 24.1 Å². The highest BCUT2D eigenvalue weighted by atomic mass is 16.5. The number of nitrogens with one attached hydrogen (secondary N) is 2. The summed E-state index contributed by atoms with van der Waals surface area (Å²) < 4.78 is 4.85. The van der Waals surface area contributed by atoms with E-state index in [4.69, 9.17) is 4.52 Å². The van der Waals surface area contributed by atoms with Crippen LogP contribution in [0.3, 0.4) is 0 Å². The zero-order chi connectivity index (χ0) is 11.4. The first-order valence-electron chi connectivity index (χ1n) is 4.81. The van der Waals surface area contributed by atoms with Crippen molar-refractivity contribution in [3.8, 4) is 0 Å². The predicted octanol–water partition coefficient (Wildman–Crippen LogP) is 0.822. The van der Waals surface area contributed by atoms with Gasteiger partial charge in [0, 0.05) is 20.0 Å². The molecular formula is C9H12N6O. The number of hydrogen-bond donors (Lipinski definition) is 2. The number of hydrogen-bond acceptors (Lipinski definition) is 7. The number of nitrogens with zero attached hydrogens (tertiary/aromatic N) is 4. The molecule has 7 nitrogen and oxygen atoms in total. The molecule has 0 aliphatic rings. The van der Waals surface area contributed by atoms with E-state index in [9.17, 15) is 0 Å². The van der Waals surface area contributed by atoms with Crippen LogP contribution in [0.2, 0.25) is 0 Å². The van der Waals surface area contributed by atoms with Gasteiger partial charge in [-0.15, -0.1) is 0 Å². The van der Waals surface area contributed by atoms with E-state index in [2.05, 4.69) is 30.7 Å². The third kappa shape index (κ3) is 2.44. The van der Waals surface area contributed by atoms with Crippen molar-refractivity contribution in [1.29, 1.82) is 0 Å². The molecule has 2 N–H and O–H groups in total. The van der Waals surface area contributed by atoms with Gasteiger partial charge in [-0.2, -0.15) is 4.98 Å². The van der Waals surface area contributed by atoms with Crippen LogP contribution in [0, 0.1) is 6.92 Å². The molecule has 7 heteroatoms. The van der Waals surface area contributed by atoms with E-state index >= 15 is 0 Å². The Morgan fingerprint density at radius 2 is 2.12 bits per heavy atom. The van der Waals surface area contributed by atoms with Gasteiger partial charge in [-0.3, -0.25) is 0 Å². The average Bonchev–Trinajstić information content (AvgIpc) is 2.73. The molecule has 0 aliphatic carbocycles. The highest BCUT2D eigenvalue weighted by Gasteiger charge is 2.02. The largest absolute Gasteiger partial charge is 0.373 e. The average molecular weight is 220 g/mol. The molecule has 0 amide bonds. The maximum absolute atomic E-state index is 4.85. The van der Waals surface area contributed by atoms with E-state index < -0.39 is 0 Å². The van der Waals surface area contributed by atoms with Crippen LogP contribution in [-0.4, -0.2) is 27.2 Å². The van der Waals surface area contributed by atoms with Crippen LogP contribution >= 0.6 is 0 Å². The van der Waals surface area contributed by atoms with Gasteiger partial charge in [-0.1, -0.05) is 5.16 Å². The SMILES string of the molecule is CNc1cc(NCc2noc(C)n2)ncn1. The lowest BCUT2D eigenvalue weighted by atomic mass is 10.5. The molecule has 16 heavy (non-hydrogen) atoms. The molecule has 0 unspecified atom stereocenters. The van der Waals surface area contributed by atoms with Crippen molar-refractivity contribution in [2.75, 3.05) is 17.7 Å². The first kappa shape index (κ1) is 10.3. The van der Waals surface area contributed by atoms with Crippen molar-refractivity contribution in [3.63, 3.8) is 0 Å². The van der Waals surface area contributed by atoms with Crippen molar-refractivity contribution < 1.29 is 4.52 Å². The molecule has 2 aromatic heterocycles. The summed E-state index contributed by atoms with van der Waals surface area (Å²) in [5.41, 5.74) is 0. The van der Waals surface area contributed by atoms with E-state index in [1.165, 1.54) is 6.33 Å². The Kier molecular flexibility index (Phi) is 2.95. The van der Waals surface area contributed by atoms with Crippen molar-refractivity contribution in [3.05, 3.63) is 24.1 Å². The predicted molar refractivity (Wildman–Crippen MR) is 57.9 cm³/mol. The quantitative estimate of drug-likeness (QED) is 0.788. The number of aromatic nitrogens is 4. The number of aryl methyl sites for hydroxylation is 1. The normalized spacial score (nSPS) is 10.1. The van der Waals surface area contributed by atoms with Crippen molar-refractivity contribution in [2.45, 2.75) is 13.5 Å². The van der Waals surface area contributed by atoms with Crippen LogP contribution in [0.4, 0.5) is 11.6 Å². The van der Waals surface area contributed by atoms with Crippen molar-refractivity contribution >= 4 is 11.6 Å². The summed E-state index contributed by atoms with van der Waals surface area (Å²) in [6.07, 6.45) is 1.48. The Morgan fingerprint density at radius 3 is 2.81 bits per heavy atom. The Morgan fingerprint density at radius 1 is 1.31 bits per heavy atom. The van der Waals surface area contributed by atoms with Crippen molar-refractivity contribution in [2.24, 2.45) is 0 Å². The first-order chi connectivity index (χ1) is 7.78. The minimum Gasteiger partial charge on any atom is -0.373 e. The van der Waals surface area contributed by atoms with Gasteiger partial charge in [0.1, 0.15) is 18.0 Å². The van der Waals surface area contributed by atoms with E-state index in [-0.39, 0.29) is 0 Å². The number of anilines is 2. The van der Waals surface area contributed by atoms with Crippen LogP contribution in [0.1, 0.15) is 11.7 Å². The molecule has 0 spiro atoms. The Balaban J connectivity index is 1.99. The molecule has 0 aromatic carbocycles. The van der Waals surface area contributed by atoms with Gasteiger partial charge >= 0.3 is 0 Å². The van der Waals surface area contributed by atoms with Crippen LogP contribution < -0.4 is 10.6 Å². The number of rotatable bonds is 4. The maximum Gasteiger partial charge on any atom is 0.223 e. The zero-order valence-corrected chi connectivity index (χ0v) is 9.06. The third-order valence-corrected chi connectivity index (χ3v) is 1.92. The second kappa shape index (κ2) is 4.56. The van der Waals surface area contributed by atoms with E-state index in [1.54, 1.807) is 20.0 Å². The summed E-state index contributed by atoms with van der Waals surface area (Å²) >= 11 is 0. The lowest BCUT2D eigenvalue weighted by molar-refractivity contribution is 0.388. The fourth-order valence-electron chi connectivity index (χ4n) is 1.17. The highest BCUT2D eigenvalue weighted by molar-refractivity contribution is 5.45. The van der Waals surface area contributed by atoms with Gasteiger partial charge in [0.25, 0.3) is 0 Å². The lowest BCUT2D eigenvalue weighted by Crippen LogP contribution is -2.04. The Hall–Kier alpha value is -2.18. The second-order valence-corrected chi connectivity index (χ2v) is 3.12. The molecule has 2 rings (SSSR count). The lowest BCUT2D eigenvalue weighted by Gasteiger charge is -2.03. The van der Waals surface area contributed by atoms with Gasteiger partial charge in [-0.25, -0.2) is 9.97 Å². The van der Waals surface area contributed by atoms with Crippen LogP contribution in [0.15, 0.2) is 16.9 Å². The second-order valence-electron chi connectivity index (χ2n) is 3.12. The molecule has 0 atom stereocenters. The standard InChI is InChI=1S/C9H12N6O/c1-6-14-9(15-16-6)4-11-8-3-7(10-2)12-5-13-8/h3,5H,4H2,1-2H3,(H2,10,11,12,13). The molecule has 0 bridgehead atoms. The molecular weight excluding hydrogens is 208 g/mol. The van der Waals surface area contributed by atoms with E-state index in [1.807, 2.05) is 0 Å². The summed E-state index contributed by atoms with van der Waals surface area (Å²) in [5, 5.41) is 9.77. The third-order valence-electron chi connectivity index (χ3n) is 1.92. The van der Waals surface area contributed by atoms with Crippen LogP contribution in [-0.2, 0) is 6.54 Å². The summed E-state index contributed by atoms with van der Waals surface area (Å²) in [5.74, 6) is 2.61. The smallest absolute Gasteiger partial charge is 0.223 e. The fourth-order valence-corrected chi connectivity index (χ4v) is 1.17. The first-order valence-corrected chi connectivity index (χ1v) is 4.81. The molecule has 0 aliphatic heterocycles. The zero-order valence-electron chi connectivity index (χ0n) is 9.06. The van der Waals surface area contributed by atoms with Gasteiger partial charge < -0.3 is 15.2 Å². The van der Waals surface area contributed by atoms with Gasteiger partial charge in [0.15, 0.2) is 5.82 Å². The van der Waals surface area contributed by atoms with E-state index in [0.717, 1.165) is 5.82 Å². The van der Waals surface area contributed by atoms with Gasteiger partial charge in [-0.05, 0) is 0 Å². The van der Waals surface area contributed by atoms with Crippen molar-refractivity contribution in [1.82, 2.24) is 20.1 Å². The summed E-state index contributed by atoms with van der Waals surface area (Å²) in [6.45, 7) is 2.22. The fraction of sp³-hybridized carbons (Fsp3) is 0.333. The topological polar surface area (TPSA) is 88.8 Å². The molecule has 0 radical (unpaired) electrons. The summed E-state index contributed by atoms with van der Waals surface area (Å²) in [4.78, 5) is 12.1. The molecule has 0 saturated carbocycles. The highest BCUT2D eigenvalue weighted by Crippen LogP contribution is 2.08. The molecule has 84 valence electrons. The summed E-state index contributed by atoms with van der Waals surface area (Å²) in [6, 6.07) is 1.80. The maximum atomic E-state index is 4.85. The molecule has 0 fully saturated rings. The minimum atomic E-state index is 0.470. The molecule has 2 heterocycles. The molecule has 2 aromatic rings. The van der Waals surface area contributed by atoms with Gasteiger partial charge in [0.2, 0.25) is 5.89 Å².